The minimum Gasteiger partial charge on any atom is -0.474 e. The summed E-state index contributed by atoms with van der Waals surface area (Å²) in [6.45, 7) is 11.5. The van der Waals surface area contributed by atoms with Crippen LogP contribution < -0.4 is 5.32 Å². The predicted octanol–water partition coefficient (Wildman–Crippen LogP) is 2.42. The van der Waals surface area contributed by atoms with Gasteiger partial charge in [-0.1, -0.05) is 0 Å². The number of halogens is 1. The van der Waals surface area contributed by atoms with E-state index in [9.17, 15) is 4.79 Å². The van der Waals surface area contributed by atoms with Crippen LogP contribution in [0.5, 0.6) is 0 Å². The smallest absolute Gasteiger partial charge is 0.328 e. The molecule has 17 heavy (non-hydrogen) atoms. The number of nitrogens with one attached hydrogen (secondary N) is 1. The van der Waals surface area contributed by atoms with Gasteiger partial charge >= 0.3 is 5.97 Å². The average molecular weight is 264 g/mol. The Morgan fingerprint density at radius 3 is 2.47 bits per heavy atom. The molecule has 0 heterocycles. The van der Waals surface area contributed by atoms with Gasteiger partial charge in [-0.25, -0.2) is 4.79 Å². The number of carbonyl (C=O) groups is 1. The van der Waals surface area contributed by atoms with Crippen LogP contribution in [-0.2, 0) is 14.3 Å². The Morgan fingerprint density at radius 2 is 2.06 bits per heavy atom. The van der Waals surface area contributed by atoms with E-state index >= 15 is 0 Å². The number of hydrogen-bond donors (Lipinski definition) is 1. The molecule has 0 spiro atoms. The maximum absolute atomic E-state index is 11.6. The molecule has 0 aliphatic rings. The Kier molecular flexibility index (Phi) is 7.04. The number of rotatable bonds is 7. The summed E-state index contributed by atoms with van der Waals surface area (Å²) >= 11 is 5.64. The van der Waals surface area contributed by atoms with E-state index in [1.165, 1.54) is 0 Å². The highest BCUT2D eigenvalue weighted by atomic mass is 35.5. The fourth-order valence-corrected chi connectivity index (χ4v) is 1.41. The molecule has 0 fully saturated rings. The number of carbonyl (C=O) groups excluding carboxylic acids is 1. The molecule has 5 heteroatoms. The average Bonchev–Trinajstić information content (AvgIpc) is 2.14. The first-order valence-corrected chi connectivity index (χ1v) is 6.20. The van der Waals surface area contributed by atoms with Crippen molar-refractivity contribution in [2.24, 2.45) is 0 Å². The summed E-state index contributed by atoms with van der Waals surface area (Å²) < 4.78 is 10.4. The monoisotopic (exact) mass is 263 g/mol. The van der Waals surface area contributed by atoms with Gasteiger partial charge in [0.1, 0.15) is 11.6 Å². The Bertz CT molecular complexity index is 261. The molecule has 0 bridgehead atoms. The van der Waals surface area contributed by atoms with Gasteiger partial charge in [0.15, 0.2) is 5.88 Å². The summed E-state index contributed by atoms with van der Waals surface area (Å²) in [4.78, 5) is 11.6. The van der Waals surface area contributed by atoms with E-state index < -0.39 is 6.04 Å². The van der Waals surface area contributed by atoms with Crippen LogP contribution >= 0.6 is 11.6 Å². The van der Waals surface area contributed by atoms with Crippen molar-refractivity contribution in [2.45, 2.75) is 45.8 Å². The SMILES string of the molecule is C=C(NC(CCCl)C(=O)OCC)OC(C)(C)C. The van der Waals surface area contributed by atoms with Gasteiger partial charge in [0, 0.05) is 5.88 Å². The Labute approximate surface area is 108 Å². The van der Waals surface area contributed by atoms with Crippen LogP contribution in [0.15, 0.2) is 12.5 Å². The van der Waals surface area contributed by atoms with E-state index in [1.807, 2.05) is 20.8 Å². The largest absolute Gasteiger partial charge is 0.474 e. The highest BCUT2D eigenvalue weighted by molar-refractivity contribution is 6.18. The second-order valence-electron chi connectivity index (χ2n) is 4.56. The lowest BCUT2D eigenvalue weighted by atomic mass is 10.2. The van der Waals surface area contributed by atoms with Crippen molar-refractivity contribution in [3.63, 3.8) is 0 Å². The number of hydrogen-bond acceptors (Lipinski definition) is 4. The molecule has 0 aliphatic carbocycles. The van der Waals surface area contributed by atoms with Crippen LogP contribution in [0.4, 0.5) is 0 Å². The van der Waals surface area contributed by atoms with Crippen LogP contribution in [0, 0.1) is 0 Å². The van der Waals surface area contributed by atoms with Gasteiger partial charge < -0.3 is 14.8 Å². The van der Waals surface area contributed by atoms with Crippen LogP contribution in [0.25, 0.3) is 0 Å². The zero-order valence-electron chi connectivity index (χ0n) is 11.0. The van der Waals surface area contributed by atoms with Crippen molar-refractivity contribution >= 4 is 17.6 Å². The molecular weight excluding hydrogens is 242 g/mol. The lowest BCUT2D eigenvalue weighted by Gasteiger charge is -2.26. The quantitative estimate of drug-likeness (QED) is 0.435. The first-order valence-electron chi connectivity index (χ1n) is 5.67. The molecule has 0 aromatic heterocycles. The fraction of sp³-hybridized carbons (Fsp3) is 0.750. The molecule has 0 aromatic carbocycles. The highest BCUT2D eigenvalue weighted by Gasteiger charge is 2.21. The molecule has 0 aliphatic heterocycles. The summed E-state index contributed by atoms with van der Waals surface area (Å²) in [5.41, 5.74) is -0.357. The third-order valence-electron chi connectivity index (χ3n) is 1.73. The van der Waals surface area contributed by atoms with Crippen molar-refractivity contribution < 1.29 is 14.3 Å². The molecule has 0 aromatic rings. The van der Waals surface area contributed by atoms with E-state index in [-0.39, 0.29) is 11.6 Å². The van der Waals surface area contributed by atoms with Gasteiger partial charge in [0.25, 0.3) is 0 Å². The first kappa shape index (κ1) is 16.1. The topological polar surface area (TPSA) is 47.6 Å². The zero-order valence-corrected chi connectivity index (χ0v) is 11.8. The molecule has 0 saturated carbocycles. The number of ether oxygens (including phenoxy) is 2. The zero-order chi connectivity index (χ0) is 13.5. The second-order valence-corrected chi connectivity index (χ2v) is 4.94. The van der Waals surface area contributed by atoms with E-state index in [1.54, 1.807) is 6.92 Å². The Hall–Kier alpha value is -0.900. The molecule has 0 rings (SSSR count). The molecule has 1 atom stereocenters. The van der Waals surface area contributed by atoms with E-state index in [4.69, 9.17) is 21.1 Å². The minimum absolute atomic E-state index is 0.339. The summed E-state index contributed by atoms with van der Waals surface area (Å²) in [7, 11) is 0. The van der Waals surface area contributed by atoms with Crippen molar-refractivity contribution in [1.29, 1.82) is 0 Å². The Morgan fingerprint density at radius 1 is 1.47 bits per heavy atom. The van der Waals surface area contributed by atoms with Crippen molar-refractivity contribution in [3.05, 3.63) is 12.5 Å². The van der Waals surface area contributed by atoms with Crippen molar-refractivity contribution in [1.82, 2.24) is 5.32 Å². The molecule has 100 valence electrons. The normalized spacial score (nSPS) is 12.8. The standard InChI is InChI=1S/C12H22ClNO3/c1-6-16-11(15)10(7-8-13)14-9(2)17-12(3,4)5/h10,14H,2,6-8H2,1,3-5H3. The van der Waals surface area contributed by atoms with Gasteiger partial charge in [0.05, 0.1) is 6.61 Å². The summed E-state index contributed by atoms with van der Waals surface area (Å²) in [5.74, 6) is 0.367. The van der Waals surface area contributed by atoms with Crippen LogP contribution in [-0.4, -0.2) is 30.1 Å². The van der Waals surface area contributed by atoms with E-state index in [0.717, 1.165) is 0 Å². The maximum Gasteiger partial charge on any atom is 0.328 e. The van der Waals surface area contributed by atoms with Crippen LogP contribution in [0.3, 0.4) is 0 Å². The predicted molar refractivity (Wildman–Crippen MR) is 68.9 cm³/mol. The molecule has 4 nitrogen and oxygen atoms in total. The molecule has 0 saturated heterocycles. The third-order valence-corrected chi connectivity index (χ3v) is 1.95. The molecule has 1 unspecified atom stereocenters. The van der Waals surface area contributed by atoms with Gasteiger partial charge in [0.2, 0.25) is 0 Å². The van der Waals surface area contributed by atoms with E-state index in [0.29, 0.717) is 24.8 Å². The molecule has 0 amide bonds. The molecular formula is C12H22ClNO3. The van der Waals surface area contributed by atoms with Gasteiger partial charge in [-0.2, -0.15) is 0 Å². The van der Waals surface area contributed by atoms with Gasteiger partial charge in [-0.15, -0.1) is 11.6 Å². The van der Waals surface area contributed by atoms with Crippen molar-refractivity contribution in [2.75, 3.05) is 12.5 Å². The number of alkyl halides is 1. The summed E-state index contributed by atoms with van der Waals surface area (Å²) in [6.07, 6.45) is 0.465. The highest BCUT2D eigenvalue weighted by Crippen LogP contribution is 2.11. The van der Waals surface area contributed by atoms with Crippen LogP contribution in [0.2, 0.25) is 0 Å². The lowest BCUT2D eigenvalue weighted by molar-refractivity contribution is -0.146. The number of esters is 1. The third kappa shape index (κ3) is 7.91. The maximum atomic E-state index is 11.6. The second kappa shape index (κ2) is 7.43. The van der Waals surface area contributed by atoms with Crippen molar-refractivity contribution in [3.8, 4) is 0 Å². The first-order chi connectivity index (χ1) is 7.80. The van der Waals surface area contributed by atoms with Gasteiger partial charge in [-0.3, -0.25) is 0 Å². The summed E-state index contributed by atoms with van der Waals surface area (Å²) in [5, 5.41) is 2.88. The molecule has 1 N–H and O–H groups in total. The minimum atomic E-state index is -0.512. The molecule has 0 radical (unpaired) electrons. The Balaban J connectivity index is 4.34. The summed E-state index contributed by atoms with van der Waals surface area (Å²) in [6, 6.07) is -0.512. The van der Waals surface area contributed by atoms with Crippen LogP contribution in [0.1, 0.15) is 34.1 Å². The van der Waals surface area contributed by atoms with Gasteiger partial charge in [-0.05, 0) is 40.7 Å². The fourth-order valence-electron chi connectivity index (χ4n) is 1.19. The lowest BCUT2D eigenvalue weighted by Crippen LogP contribution is -2.39. The van der Waals surface area contributed by atoms with E-state index in [2.05, 4.69) is 11.9 Å².